The van der Waals surface area contributed by atoms with Gasteiger partial charge in [-0.05, 0) is 0 Å². The maximum atomic E-state index is 13.3. The summed E-state index contributed by atoms with van der Waals surface area (Å²) in [5.74, 6) is -2.99. The van der Waals surface area contributed by atoms with Crippen molar-refractivity contribution in [3.63, 3.8) is 0 Å². The number of anilines is 3. The molecule has 3 N–H and O–H groups in total. The van der Waals surface area contributed by atoms with Crippen molar-refractivity contribution < 1.29 is 13.2 Å². The Kier molecular flexibility index (Phi) is 2.82. The molecule has 0 radical (unpaired) electrons. The third-order valence-electron chi connectivity index (χ3n) is 1.96. The minimum Gasteiger partial charge on any atom is -0.384 e. The molecule has 0 spiro atoms. The maximum absolute atomic E-state index is 13.3. The van der Waals surface area contributed by atoms with E-state index in [0.29, 0.717) is 12.1 Å². The van der Waals surface area contributed by atoms with E-state index >= 15 is 0 Å². The zero-order chi connectivity index (χ0) is 12.4. The zero-order valence-corrected chi connectivity index (χ0v) is 8.42. The van der Waals surface area contributed by atoms with Crippen LogP contribution in [0.15, 0.2) is 24.5 Å². The van der Waals surface area contributed by atoms with Gasteiger partial charge in [-0.25, -0.2) is 23.1 Å². The number of nitrogen functional groups attached to an aromatic ring is 1. The van der Waals surface area contributed by atoms with Crippen LogP contribution in [-0.4, -0.2) is 9.97 Å². The van der Waals surface area contributed by atoms with Crippen molar-refractivity contribution in [2.45, 2.75) is 0 Å². The molecule has 0 unspecified atom stereocenters. The maximum Gasteiger partial charge on any atom is 0.161 e. The van der Waals surface area contributed by atoms with E-state index in [9.17, 15) is 13.2 Å². The molecule has 0 atom stereocenters. The summed E-state index contributed by atoms with van der Waals surface area (Å²) in [7, 11) is 0. The third kappa shape index (κ3) is 2.44. The van der Waals surface area contributed by atoms with Crippen LogP contribution in [-0.2, 0) is 0 Å². The molecular weight excluding hydrogens is 233 g/mol. The molecule has 0 fully saturated rings. The van der Waals surface area contributed by atoms with Crippen LogP contribution in [0.3, 0.4) is 0 Å². The quantitative estimate of drug-likeness (QED) is 0.790. The van der Waals surface area contributed by atoms with E-state index in [1.54, 1.807) is 0 Å². The Morgan fingerprint density at radius 1 is 0.941 bits per heavy atom. The average Bonchev–Trinajstić information content (AvgIpc) is 2.26. The van der Waals surface area contributed by atoms with Crippen LogP contribution in [0, 0.1) is 17.5 Å². The smallest absolute Gasteiger partial charge is 0.161 e. The highest BCUT2D eigenvalue weighted by Crippen LogP contribution is 2.21. The molecule has 88 valence electrons. The number of benzene rings is 1. The summed E-state index contributed by atoms with van der Waals surface area (Å²) in [6.45, 7) is 0. The van der Waals surface area contributed by atoms with Gasteiger partial charge >= 0.3 is 0 Å². The second kappa shape index (κ2) is 4.28. The van der Waals surface area contributed by atoms with Crippen LogP contribution >= 0.6 is 0 Å². The minimum atomic E-state index is -1.25. The number of nitrogens with one attached hydrogen (secondary N) is 1. The fraction of sp³-hybridized carbons (Fsp3) is 0. The van der Waals surface area contributed by atoms with Gasteiger partial charge in [0.25, 0.3) is 0 Å². The summed E-state index contributed by atoms with van der Waals surface area (Å²) >= 11 is 0. The van der Waals surface area contributed by atoms with E-state index in [0.717, 1.165) is 6.33 Å². The van der Waals surface area contributed by atoms with Crippen LogP contribution in [0.1, 0.15) is 0 Å². The fourth-order valence-electron chi connectivity index (χ4n) is 1.20. The van der Waals surface area contributed by atoms with Gasteiger partial charge in [-0.2, -0.15) is 0 Å². The topological polar surface area (TPSA) is 63.8 Å². The van der Waals surface area contributed by atoms with Crippen molar-refractivity contribution in [2.75, 3.05) is 11.1 Å². The minimum absolute atomic E-state index is 0.172. The van der Waals surface area contributed by atoms with E-state index in [4.69, 9.17) is 5.73 Å². The lowest BCUT2D eigenvalue weighted by atomic mass is 10.3. The molecule has 4 nitrogen and oxygen atoms in total. The molecule has 0 saturated carbocycles. The number of hydrogen-bond donors (Lipinski definition) is 2. The molecule has 0 aliphatic carbocycles. The van der Waals surface area contributed by atoms with Gasteiger partial charge < -0.3 is 11.1 Å². The fourth-order valence-corrected chi connectivity index (χ4v) is 1.20. The number of nitrogens with zero attached hydrogens (tertiary/aromatic N) is 2. The van der Waals surface area contributed by atoms with Crippen molar-refractivity contribution >= 4 is 17.3 Å². The molecule has 1 aromatic heterocycles. The van der Waals surface area contributed by atoms with Crippen LogP contribution in [0.4, 0.5) is 30.5 Å². The SMILES string of the molecule is Nc1cc(Nc2cc(F)c(F)cc2F)ncn1. The lowest BCUT2D eigenvalue weighted by molar-refractivity contribution is 0.496. The molecule has 2 rings (SSSR count). The Labute approximate surface area is 94.3 Å². The van der Waals surface area contributed by atoms with Gasteiger partial charge in [0.1, 0.15) is 23.8 Å². The second-order valence-electron chi connectivity index (χ2n) is 3.20. The van der Waals surface area contributed by atoms with E-state index in [2.05, 4.69) is 15.3 Å². The Hall–Kier alpha value is -2.31. The van der Waals surface area contributed by atoms with Crippen LogP contribution in [0.25, 0.3) is 0 Å². The van der Waals surface area contributed by atoms with Gasteiger partial charge in [-0.1, -0.05) is 0 Å². The van der Waals surface area contributed by atoms with Crippen LogP contribution in [0.5, 0.6) is 0 Å². The van der Waals surface area contributed by atoms with Crippen molar-refractivity contribution in [1.29, 1.82) is 0 Å². The van der Waals surface area contributed by atoms with Gasteiger partial charge in [-0.3, -0.25) is 0 Å². The van der Waals surface area contributed by atoms with Gasteiger partial charge in [0.15, 0.2) is 11.6 Å². The highest BCUT2D eigenvalue weighted by Gasteiger charge is 2.10. The molecule has 7 heteroatoms. The van der Waals surface area contributed by atoms with Gasteiger partial charge in [0.05, 0.1) is 5.69 Å². The Morgan fingerprint density at radius 2 is 1.65 bits per heavy atom. The van der Waals surface area contributed by atoms with Gasteiger partial charge in [0.2, 0.25) is 0 Å². The third-order valence-corrected chi connectivity index (χ3v) is 1.96. The molecule has 0 aliphatic heterocycles. The van der Waals surface area contributed by atoms with E-state index in [1.165, 1.54) is 6.07 Å². The normalized spacial score (nSPS) is 10.3. The number of halogens is 3. The number of aromatic nitrogens is 2. The highest BCUT2D eigenvalue weighted by molar-refractivity contribution is 5.58. The summed E-state index contributed by atoms with van der Waals surface area (Å²) in [6, 6.07) is 2.48. The monoisotopic (exact) mass is 240 g/mol. The van der Waals surface area contributed by atoms with E-state index in [1.807, 2.05) is 0 Å². The van der Waals surface area contributed by atoms with E-state index in [-0.39, 0.29) is 17.3 Å². The predicted molar refractivity (Wildman–Crippen MR) is 56.0 cm³/mol. The molecule has 17 heavy (non-hydrogen) atoms. The summed E-state index contributed by atoms with van der Waals surface area (Å²) < 4.78 is 38.8. The summed E-state index contributed by atoms with van der Waals surface area (Å²) in [6.07, 6.45) is 1.16. The molecule has 1 aromatic carbocycles. The number of nitrogens with two attached hydrogens (primary N) is 1. The number of hydrogen-bond acceptors (Lipinski definition) is 4. The first-order chi connectivity index (χ1) is 8.06. The highest BCUT2D eigenvalue weighted by atomic mass is 19.2. The van der Waals surface area contributed by atoms with Crippen LogP contribution < -0.4 is 11.1 Å². The Morgan fingerprint density at radius 3 is 2.35 bits per heavy atom. The molecule has 0 aliphatic rings. The lowest BCUT2D eigenvalue weighted by Crippen LogP contribution is -2.00. The predicted octanol–water partition coefficient (Wildman–Crippen LogP) is 2.22. The van der Waals surface area contributed by atoms with Crippen LogP contribution in [0.2, 0.25) is 0 Å². The largest absolute Gasteiger partial charge is 0.384 e. The van der Waals surface area contributed by atoms with Crippen molar-refractivity contribution in [3.8, 4) is 0 Å². The zero-order valence-electron chi connectivity index (χ0n) is 8.42. The number of rotatable bonds is 2. The van der Waals surface area contributed by atoms with Crippen molar-refractivity contribution in [2.24, 2.45) is 0 Å². The Balaban J connectivity index is 2.33. The second-order valence-corrected chi connectivity index (χ2v) is 3.20. The molecular formula is C10H7F3N4. The first kappa shape index (κ1) is 11.2. The standard InChI is InChI=1S/C10H7F3N4/c11-5-1-7(13)8(2-6(5)12)17-10-3-9(14)15-4-16-10/h1-4H,(H3,14,15,16,17). The summed E-state index contributed by atoms with van der Waals surface area (Å²) in [5, 5.41) is 2.47. The molecule has 0 bridgehead atoms. The van der Waals surface area contributed by atoms with Crippen molar-refractivity contribution in [1.82, 2.24) is 9.97 Å². The first-order valence-electron chi connectivity index (χ1n) is 4.55. The molecule has 1 heterocycles. The van der Waals surface area contributed by atoms with E-state index < -0.39 is 17.5 Å². The van der Waals surface area contributed by atoms with Gasteiger partial charge in [0, 0.05) is 18.2 Å². The molecule has 2 aromatic rings. The summed E-state index contributed by atoms with van der Waals surface area (Å²) in [5.41, 5.74) is 5.15. The first-order valence-corrected chi connectivity index (χ1v) is 4.55. The summed E-state index contributed by atoms with van der Waals surface area (Å²) in [4.78, 5) is 7.38. The average molecular weight is 240 g/mol. The van der Waals surface area contributed by atoms with Crippen molar-refractivity contribution in [3.05, 3.63) is 42.0 Å². The molecule has 0 amide bonds. The Bertz CT molecular complexity index is 559. The molecule has 0 saturated heterocycles. The van der Waals surface area contributed by atoms with Gasteiger partial charge in [-0.15, -0.1) is 0 Å². The lowest BCUT2D eigenvalue weighted by Gasteiger charge is -2.07.